The number of hydrogen-bond donors (Lipinski definition) is 2. The molecule has 11 heteroatoms. The number of imidazole rings is 1. The van der Waals surface area contributed by atoms with Crippen molar-refractivity contribution in [1.82, 2.24) is 19.5 Å². The van der Waals surface area contributed by atoms with Crippen LogP contribution in [-0.2, 0) is 12.7 Å². The van der Waals surface area contributed by atoms with Gasteiger partial charge < -0.3 is 20.2 Å². The van der Waals surface area contributed by atoms with Crippen LogP contribution in [0.4, 0.5) is 24.8 Å². The van der Waals surface area contributed by atoms with Crippen LogP contribution in [0.15, 0.2) is 30.5 Å². The van der Waals surface area contributed by atoms with E-state index in [1.165, 1.54) is 4.57 Å². The highest BCUT2D eigenvalue weighted by molar-refractivity contribution is 6.28. The molecule has 7 nitrogen and oxygen atoms in total. The average Bonchev–Trinajstić information content (AvgIpc) is 3.18. The van der Waals surface area contributed by atoms with Crippen LogP contribution in [0.2, 0.25) is 5.28 Å². The topological polar surface area (TPSA) is 82.7 Å². The average molecular weight is 466 g/mol. The maximum Gasteiger partial charge on any atom is 0.434 e. The first-order chi connectivity index (χ1) is 15.0. The number of nitrogens with zero attached hydrogens (tertiary/aromatic N) is 5. The van der Waals surface area contributed by atoms with Gasteiger partial charge in [0.15, 0.2) is 5.69 Å². The lowest BCUT2D eigenvalue weighted by molar-refractivity contribution is -0.140. The minimum Gasteiger partial charge on any atom is -0.365 e. The molecule has 2 aromatic heterocycles. The van der Waals surface area contributed by atoms with Gasteiger partial charge >= 0.3 is 6.18 Å². The highest BCUT2D eigenvalue weighted by Crippen LogP contribution is 2.32. The molecule has 0 aliphatic carbocycles. The fourth-order valence-corrected chi connectivity index (χ4v) is 3.30. The van der Waals surface area contributed by atoms with Crippen molar-refractivity contribution in [3.63, 3.8) is 0 Å². The van der Waals surface area contributed by atoms with Gasteiger partial charge in [-0.25, -0.2) is 4.98 Å². The maximum absolute atomic E-state index is 13.1. The summed E-state index contributed by atoms with van der Waals surface area (Å²) in [6.45, 7) is 3.98. The van der Waals surface area contributed by atoms with Gasteiger partial charge in [-0.1, -0.05) is 24.3 Å². The number of aromatic nitrogens is 4. The van der Waals surface area contributed by atoms with Crippen LogP contribution in [-0.4, -0.2) is 39.8 Å². The standard InChI is InChI=1S/C21H23ClF3N7/c1-12(2)32-11-16(21(23,24)25)28-18(32)14-7-5-13(6-8-14)10-27-17-15(9-26)19(31(3)4)30-20(22)29-17/h5-9,11-12,26H,10H2,1-4H3,(H,27,29,30). The molecule has 0 aliphatic rings. The molecule has 0 amide bonds. The predicted molar refractivity (Wildman–Crippen MR) is 120 cm³/mol. The SMILES string of the molecule is CC(C)n1cc(C(F)(F)F)nc1-c1ccc(CNc2nc(Cl)nc(N(C)C)c2C=N)cc1. The summed E-state index contributed by atoms with van der Waals surface area (Å²) in [6, 6.07) is 6.88. The number of alkyl halides is 3. The predicted octanol–water partition coefficient (Wildman–Crippen LogP) is 5.27. The molecular weight excluding hydrogens is 443 g/mol. The Kier molecular flexibility index (Phi) is 6.73. The molecule has 0 saturated carbocycles. The molecule has 1 aromatic carbocycles. The lowest BCUT2D eigenvalue weighted by Gasteiger charge is -2.17. The molecule has 0 spiro atoms. The lowest BCUT2D eigenvalue weighted by atomic mass is 10.1. The summed E-state index contributed by atoms with van der Waals surface area (Å²) in [5.74, 6) is 1.19. The summed E-state index contributed by atoms with van der Waals surface area (Å²) in [5, 5.41) is 10.9. The Morgan fingerprint density at radius 3 is 2.34 bits per heavy atom. The highest BCUT2D eigenvalue weighted by atomic mass is 35.5. The third kappa shape index (κ3) is 5.01. The largest absolute Gasteiger partial charge is 0.434 e. The van der Waals surface area contributed by atoms with Gasteiger partial charge in [-0.15, -0.1) is 0 Å². The zero-order valence-corrected chi connectivity index (χ0v) is 18.8. The molecular formula is C21H23ClF3N7. The van der Waals surface area contributed by atoms with Crippen LogP contribution in [0.25, 0.3) is 11.4 Å². The zero-order chi connectivity index (χ0) is 23.6. The van der Waals surface area contributed by atoms with Crippen LogP contribution >= 0.6 is 11.6 Å². The maximum atomic E-state index is 13.1. The lowest BCUT2D eigenvalue weighted by Crippen LogP contribution is -2.16. The van der Waals surface area contributed by atoms with E-state index >= 15 is 0 Å². The Morgan fingerprint density at radius 1 is 1.16 bits per heavy atom. The molecule has 0 radical (unpaired) electrons. The Balaban J connectivity index is 1.84. The Labute approximate surface area is 188 Å². The fourth-order valence-electron chi connectivity index (χ4n) is 3.13. The van der Waals surface area contributed by atoms with E-state index in [1.807, 2.05) is 0 Å². The van der Waals surface area contributed by atoms with Gasteiger partial charge in [-0.05, 0) is 31.0 Å². The molecule has 3 rings (SSSR count). The van der Waals surface area contributed by atoms with E-state index in [9.17, 15) is 13.2 Å². The van der Waals surface area contributed by atoms with Crippen molar-refractivity contribution in [2.45, 2.75) is 32.6 Å². The van der Waals surface area contributed by atoms with Crippen molar-refractivity contribution < 1.29 is 13.2 Å². The third-order valence-corrected chi connectivity index (χ3v) is 4.89. The number of hydrogen-bond acceptors (Lipinski definition) is 6. The van der Waals surface area contributed by atoms with Crippen molar-refractivity contribution in [1.29, 1.82) is 5.41 Å². The molecule has 32 heavy (non-hydrogen) atoms. The summed E-state index contributed by atoms with van der Waals surface area (Å²) < 4.78 is 40.9. The second-order valence-corrected chi connectivity index (χ2v) is 7.95. The first-order valence-corrected chi connectivity index (χ1v) is 10.1. The van der Waals surface area contributed by atoms with Gasteiger partial charge in [0.25, 0.3) is 0 Å². The number of rotatable bonds is 7. The van der Waals surface area contributed by atoms with Crippen LogP contribution in [0.1, 0.15) is 36.7 Å². The van der Waals surface area contributed by atoms with Crippen molar-refractivity contribution in [2.24, 2.45) is 0 Å². The van der Waals surface area contributed by atoms with Crippen LogP contribution < -0.4 is 10.2 Å². The molecule has 170 valence electrons. The minimum atomic E-state index is -4.50. The summed E-state index contributed by atoms with van der Waals surface area (Å²) in [7, 11) is 3.58. The van der Waals surface area contributed by atoms with Gasteiger partial charge in [-0.3, -0.25) is 0 Å². The van der Waals surface area contributed by atoms with Crippen molar-refractivity contribution in [2.75, 3.05) is 24.3 Å². The number of anilines is 2. The van der Waals surface area contributed by atoms with E-state index < -0.39 is 11.9 Å². The zero-order valence-electron chi connectivity index (χ0n) is 18.0. The van der Waals surface area contributed by atoms with E-state index in [2.05, 4.69) is 20.3 Å². The van der Waals surface area contributed by atoms with E-state index in [0.29, 0.717) is 29.3 Å². The summed E-state index contributed by atoms with van der Waals surface area (Å²) in [5.41, 5.74) is 1.03. The Bertz CT molecular complexity index is 1110. The van der Waals surface area contributed by atoms with Gasteiger partial charge in [0, 0.05) is 44.7 Å². The molecule has 0 saturated heterocycles. The molecule has 0 aliphatic heterocycles. The fraction of sp³-hybridized carbons (Fsp3) is 0.333. The van der Waals surface area contributed by atoms with Gasteiger partial charge in [0.2, 0.25) is 5.28 Å². The third-order valence-electron chi connectivity index (χ3n) is 4.72. The number of halogens is 4. The molecule has 2 heterocycles. The van der Waals surface area contributed by atoms with E-state index in [-0.39, 0.29) is 17.1 Å². The first kappa shape index (κ1) is 23.5. The van der Waals surface area contributed by atoms with Crippen molar-refractivity contribution in [3.8, 4) is 11.4 Å². The van der Waals surface area contributed by atoms with Gasteiger partial charge in [0.1, 0.15) is 17.5 Å². The Hall–Kier alpha value is -3.14. The van der Waals surface area contributed by atoms with E-state index in [0.717, 1.165) is 18.0 Å². The normalized spacial score (nSPS) is 11.7. The smallest absolute Gasteiger partial charge is 0.365 e. The highest BCUT2D eigenvalue weighted by Gasteiger charge is 2.35. The molecule has 0 atom stereocenters. The van der Waals surface area contributed by atoms with Crippen molar-refractivity contribution >= 4 is 29.5 Å². The van der Waals surface area contributed by atoms with Crippen molar-refractivity contribution in [3.05, 3.63) is 52.6 Å². The summed E-state index contributed by atoms with van der Waals surface area (Å²) in [6.07, 6.45) is -2.31. The van der Waals surface area contributed by atoms with Gasteiger partial charge in [0.05, 0.1) is 5.56 Å². The molecule has 2 N–H and O–H groups in total. The van der Waals surface area contributed by atoms with E-state index in [4.69, 9.17) is 17.0 Å². The molecule has 0 bridgehead atoms. The molecule has 0 fully saturated rings. The quantitative estimate of drug-likeness (QED) is 0.367. The monoisotopic (exact) mass is 465 g/mol. The number of nitrogens with one attached hydrogen (secondary N) is 2. The minimum absolute atomic E-state index is 0.0538. The number of benzene rings is 1. The summed E-state index contributed by atoms with van der Waals surface area (Å²) in [4.78, 5) is 13.9. The Morgan fingerprint density at radius 2 is 1.81 bits per heavy atom. The summed E-state index contributed by atoms with van der Waals surface area (Å²) >= 11 is 6.01. The second-order valence-electron chi connectivity index (χ2n) is 7.62. The molecule has 0 unspecified atom stereocenters. The second kappa shape index (κ2) is 9.15. The van der Waals surface area contributed by atoms with E-state index in [1.54, 1.807) is 57.1 Å². The van der Waals surface area contributed by atoms with Crippen LogP contribution in [0.5, 0.6) is 0 Å². The molecule has 3 aromatic rings. The first-order valence-electron chi connectivity index (χ1n) is 9.75. The van der Waals surface area contributed by atoms with Crippen LogP contribution in [0.3, 0.4) is 0 Å². The van der Waals surface area contributed by atoms with Gasteiger partial charge in [-0.2, -0.15) is 23.1 Å². The van der Waals surface area contributed by atoms with Crippen LogP contribution in [0, 0.1) is 5.41 Å².